The van der Waals surface area contributed by atoms with Gasteiger partial charge in [0.25, 0.3) is 0 Å². The van der Waals surface area contributed by atoms with Crippen LogP contribution in [0.1, 0.15) is 80.1 Å². The second kappa shape index (κ2) is 11.6. The SMILES string of the molecule is C=CC1CC1C1CCN(C(=O)OC(C)(C)C)CC1.CC(C)(C)OC(=O)N1CCC(C2CC2C=O)CC1. The van der Waals surface area contributed by atoms with Crippen molar-refractivity contribution in [2.75, 3.05) is 26.2 Å². The van der Waals surface area contributed by atoms with Crippen molar-refractivity contribution >= 4 is 18.5 Å². The van der Waals surface area contributed by atoms with Gasteiger partial charge in [-0.1, -0.05) is 6.08 Å². The second-order valence-electron chi connectivity index (χ2n) is 13.1. The molecule has 2 amide bonds. The van der Waals surface area contributed by atoms with Crippen molar-refractivity contribution in [1.29, 1.82) is 0 Å². The lowest BCUT2D eigenvalue weighted by atomic mass is 9.91. The smallest absolute Gasteiger partial charge is 0.410 e. The lowest BCUT2D eigenvalue weighted by Gasteiger charge is -2.33. The van der Waals surface area contributed by atoms with E-state index in [4.69, 9.17) is 9.47 Å². The number of hydrogen-bond donors (Lipinski definition) is 0. The molecular formula is C29H48N2O5. The van der Waals surface area contributed by atoms with Crippen molar-refractivity contribution in [2.24, 2.45) is 35.5 Å². The maximum Gasteiger partial charge on any atom is 0.410 e. The van der Waals surface area contributed by atoms with Crippen LogP contribution in [-0.2, 0) is 14.3 Å². The van der Waals surface area contributed by atoms with E-state index in [2.05, 4.69) is 12.7 Å². The Morgan fingerprint density at radius 1 is 0.722 bits per heavy atom. The minimum absolute atomic E-state index is 0.156. The van der Waals surface area contributed by atoms with Crippen molar-refractivity contribution in [3.05, 3.63) is 12.7 Å². The van der Waals surface area contributed by atoms with E-state index in [0.29, 0.717) is 17.8 Å². The van der Waals surface area contributed by atoms with Gasteiger partial charge >= 0.3 is 12.2 Å². The summed E-state index contributed by atoms with van der Waals surface area (Å²) in [5.74, 6) is 3.86. The fourth-order valence-corrected chi connectivity index (χ4v) is 5.66. The molecule has 4 rings (SSSR count). The van der Waals surface area contributed by atoms with Crippen LogP contribution in [0.3, 0.4) is 0 Å². The van der Waals surface area contributed by atoms with Crippen molar-refractivity contribution in [3.63, 3.8) is 0 Å². The van der Waals surface area contributed by atoms with Crippen molar-refractivity contribution < 1.29 is 23.9 Å². The molecule has 0 N–H and O–H groups in total. The molecule has 7 heteroatoms. The van der Waals surface area contributed by atoms with Gasteiger partial charge in [0, 0.05) is 32.1 Å². The van der Waals surface area contributed by atoms with E-state index in [9.17, 15) is 14.4 Å². The van der Waals surface area contributed by atoms with Crippen LogP contribution >= 0.6 is 0 Å². The number of amides is 2. The Morgan fingerprint density at radius 2 is 1.08 bits per heavy atom. The summed E-state index contributed by atoms with van der Waals surface area (Å²) in [5, 5.41) is 0. The molecule has 204 valence electrons. The van der Waals surface area contributed by atoms with Gasteiger partial charge in [-0.25, -0.2) is 9.59 Å². The van der Waals surface area contributed by atoms with Crippen LogP contribution in [0, 0.1) is 35.5 Å². The van der Waals surface area contributed by atoms with Crippen molar-refractivity contribution in [3.8, 4) is 0 Å². The molecule has 4 unspecified atom stereocenters. The zero-order valence-electron chi connectivity index (χ0n) is 23.3. The van der Waals surface area contributed by atoms with Crippen LogP contribution < -0.4 is 0 Å². The highest BCUT2D eigenvalue weighted by molar-refractivity contribution is 5.68. The Morgan fingerprint density at radius 3 is 1.36 bits per heavy atom. The van der Waals surface area contributed by atoms with E-state index in [-0.39, 0.29) is 12.2 Å². The molecule has 0 spiro atoms. The Kier molecular flexibility index (Phi) is 9.16. The summed E-state index contributed by atoms with van der Waals surface area (Å²) in [6.07, 6.45) is 9.43. The first-order valence-electron chi connectivity index (χ1n) is 13.8. The van der Waals surface area contributed by atoms with E-state index in [1.54, 1.807) is 4.90 Å². The summed E-state index contributed by atoms with van der Waals surface area (Å²) in [6, 6.07) is 0. The van der Waals surface area contributed by atoms with Crippen LogP contribution in [0.5, 0.6) is 0 Å². The number of nitrogens with zero attached hydrogens (tertiary/aromatic N) is 2. The van der Waals surface area contributed by atoms with Crippen molar-refractivity contribution in [1.82, 2.24) is 9.80 Å². The van der Waals surface area contributed by atoms with E-state index < -0.39 is 11.2 Å². The minimum Gasteiger partial charge on any atom is -0.444 e. The Labute approximate surface area is 217 Å². The molecule has 4 atom stereocenters. The highest BCUT2D eigenvalue weighted by Crippen LogP contribution is 2.48. The molecule has 0 radical (unpaired) electrons. The summed E-state index contributed by atoms with van der Waals surface area (Å²) < 4.78 is 10.8. The molecule has 36 heavy (non-hydrogen) atoms. The largest absolute Gasteiger partial charge is 0.444 e. The number of aldehydes is 1. The molecule has 0 aromatic carbocycles. The molecule has 4 fully saturated rings. The van der Waals surface area contributed by atoms with Gasteiger partial charge in [-0.05, 0) is 110 Å². The Balaban J connectivity index is 0.000000201. The van der Waals surface area contributed by atoms with Crippen molar-refractivity contribution in [2.45, 2.75) is 91.3 Å². The van der Waals surface area contributed by atoms with E-state index >= 15 is 0 Å². The predicted octanol–water partition coefficient (Wildman–Crippen LogP) is 5.92. The standard InChI is InChI=1S/C15H25NO2.C14H23NO3/c1-5-11-10-13(11)12-6-8-16(9-7-12)14(17)18-15(2,3)4;1-14(2,3)18-13(17)15-6-4-10(5-7-15)12-8-11(12)9-16/h5,11-13H,1,6-10H2,2-4H3;9-12H,4-8H2,1-3H3. The summed E-state index contributed by atoms with van der Waals surface area (Å²) in [6.45, 7) is 18.5. The monoisotopic (exact) mass is 504 g/mol. The quantitative estimate of drug-likeness (QED) is 0.351. The van der Waals surface area contributed by atoms with Crippen LogP contribution in [0.25, 0.3) is 0 Å². The topological polar surface area (TPSA) is 76.2 Å². The third-order valence-electron chi connectivity index (χ3n) is 7.85. The summed E-state index contributed by atoms with van der Waals surface area (Å²) >= 11 is 0. The fraction of sp³-hybridized carbons (Fsp3) is 0.828. The minimum atomic E-state index is -0.424. The predicted molar refractivity (Wildman–Crippen MR) is 141 cm³/mol. The van der Waals surface area contributed by atoms with Gasteiger partial charge < -0.3 is 24.1 Å². The van der Waals surface area contributed by atoms with E-state index in [1.807, 2.05) is 46.4 Å². The summed E-state index contributed by atoms with van der Waals surface area (Å²) in [7, 11) is 0. The highest BCUT2D eigenvalue weighted by Gasteiger charge is 2.44. The van der Waals surface area contributed by atoms with Gasteiger partial charge in [0.2, 0.25) is 0 Å². The maximum absolute atomic E-state index is 11.9. The second-order valence-corrected chi connectivity index (χ2v) is 13.1. The first-order valence-corrected chi connectivity index (χ1v) is 13.8. The van der Waals surface area contributed by atoms with Crippen LogP contribution in [-0.4, -0.2) is 65.7 Å². The molecule has 0 bridgehead atoms. The van der Waals surface area contributed by atoms with Gasteiger partial charge in [-0.3, -0.25) is 0 Å². The maximum atomic E-state index is 11.9. The molecule has 4 aliphatic rings. The van der Waals surface area contributed by atoms with Crippen LogP contribution in [0.2, 0.25) is 0 Å². The molecule has 2 heterocycles. The molecule has 2 aliphatic heterocycles. The first-order chi connectivity index (χ1) is 16.8. The third-order valence-corrected chi connectivity index (χ3v) is 7.85. The Bertz CT molecular complexity index is 716. The molecule has 7 nitrogen and oxygen atoms in total. The number of hydrogen-bond acceptors (Lipinski definition) is 5. The number of ether oxygens (including phenoxy) is 2. The first kappa shape index (κ1) is 28.5. The highest BCUT2D eigenvalue weighted by atomic mass is 16.6. The third kappa shape index (κ3) is 8.52. The molecule has 0 aromatic rings. The lowest BCUT2D eigenvalue weighted by Crippen LogP contribution is -2.42. The summed E-state index contributed by atoms with van der Waals surface area (Å²) in [4.78, 5) is 38.1. The number of carbonyl (C=O) groups excluding carboxylic acids is 3. The zero-order valence-corrected chi connectivity index (χ0v) is 23.3. The van der Waals surface area contributed by atoms with Gasteiger partial charge in [-0.15, -0.1) is 6.58 Å². The molecule has 2 saturated carbocycles. The number of likely N-dealkylation sites (tertiary alicyclic amines) is 2. The molecule has 2 saturated heterocycles. The zero-order chi connectivity index (χ0) is 26.7. The van der Waals surface area contributed by atoms with Crippen LogP contribution in [0.15, 0.2) is 12.7 Å². The van der Waals surface area contributed by atoms with Gasteiger partial charge in [0.05, 0.1) is 0 Å². The molecule has 0 aromatic heterocycles. The van der Waals surface area contributed by atoms with Gasteiger partial charge in [0.15, 0.2) is 0 Å². The summed E-state index contributed by atoms with van der Waals surface area (Å²) in [5.41, 5.74) is -0.814. The molecular weight excluding hydrogens is 456 g/mol. The van der Waals surface area contributed by atoms with Crippen LogP contribution in [0.4, 0.5) is 9.59 Å². The van der Waals surface area contributed by atoms with Gasteiger partial charge in [-0.2, -0.15) is 0 Å². The van der Waals surface area contributed by atoms with E-state index in [0.717, 1.165) is 82.3 Å². The lowest BCUT2D eigenvalue weighted by molar-refractivity contribution is -0.109. The number of carbonyl (C=O) groups is 3. The van der Waals surface area contributed by atoms with E-state index in [1.165, 1.54) is 6.42 Å². The number of piperidine rings is 2. The number of allylic oxidation sites excluding steroid dienone is 1. The number of rotatable bonds is 4. The Hall–Kier alpha value is -2.05. The average molecular weight is 505 g/mol. The molecule has 2 aliphatic carbocycles. The fourth-order valence-electron chi connectivity index (χ4n) is 5.66. The van der Waals surface area contributed by atoms with Gasteiger partial charge in [0.1, 0.15) is 17.5 Å². The average Bonchev–Trinajstić information content (AvgIpc) is 3.72. The normalized spacial score (nSPS) is 28.9.